The lowest BCUT2D eigenvalue weighted by atomic mass is 9.85. The summed E-state index contributed by atoms with van der Waals surface area (Å²) < 4.78 is 5.07. The molecule has 0 unspecified atom stereocenters. The van der Waals surface area contributed by atoms with Crippen LogP contribution >= 0.6 is 0 Å². The Labute approximate surface area is 99.8 Å². The van der Waals surface area contributed by atoms with Crippen molar-refractivity contribution in [2.45, 2.75) is 33.2 Å². The average Bonchev–Trinajstić information content (AvgIpc) is 2.63. The summed E-state index contributed by atoms with van der Waals surface area (Å²) in [6.45, 7) is 3.84. The molecule has 0 aliphatic carbocycles. The molecule has 17 heavy (non-hydrogen) atoms. The summed E-state index contributed by atoms with van der Waals surface area (Å²) in [5, 5.41) is 11.4. The second-order valence-corrected chi connectivity index (χ2v) is 4.77. The van der Waals surface area contributed by atoms with Crippen molar-refractivity contribution < 1.29 is 19.1 Å². The Bertz CT molecular complexity index is 381. The number of carbonyl (C=O) groups excluding carboxylic acids is 1. The highest BCUT2D eigenvalue weighted by Crippen LogP contribution is 2.24. The summed E-state index contributed by atoms with van der Waals surface area (Å²) in [6, 6.07) is 3.51. The Balaban J connectivity index is 2.36. The Hall–Kier alpha value is -1.78. The van der Waals surface area contributed by atoms with Crippen LogP contribution in [0.2, 0.25) is 0 Å². The predicted octanol–water partition coefficient (Wildman–Crippen LogP) is 1.79. The summed E-state index contributed by atoms with van der Waals surface area (Å²) in [5.41, 5.74) is -0.543. The number of hydrogen-bond donors (Lipinski definition) is 2. The van der Waals surface area contributed by atoms with Crippen molar-refractivity contribution in [2.75, 3.05) is 0 Å². The molecule has 94 valence electrons. The van der Waals surface area contributed by atoms with Gasteiger partial charge in [-0.1, -0.05) is 13.8 Å². The van der Waals surface area contributed by atoms with Crippen LogP contribution in [0.5, 0.6) is 0 Å². The van der Waals surface area contributed by atoms with E-state index in [0.717, 1.165) is 0 Å². The monoisotopic (exact) mass is 239 g/mol. The van der Waals surface area contributed by atoms with Crippen molar-refractivity contribution in [3.05, 3.63) is 24.2 Å². The first kappa shape index (κ1) is 13.3. The molecular formula is C12H17NO4. The molecule has 0 bridgehead atoms. The molecule has 1 rings (SSSR count). The number of furan rings is 1. The second kappa shape index (κ2) is 5.52. The van der Waals surface area contributed by atoms with Gasteiger partial charge in [-0.05, 0) is 17.5 Å². The molecule has 0 saturated heterocycles. The fourth-order valence-electron chi connectivity index (χ4n) is 1.57. The third-order valence-electron chi connectivity index (χ3n) is 2.31. The van der Waals surface area contributed by atoms with Crippen molar-refractivity contribution in [3.63, 3.8) is 0 Å². The molecule has 0 spiro atoms. The van der Waals surface area contributed by atoms with Crippen LogP contribution in [0, 0.1) is 5.41 Å². The van der Waals surface area contributed by atoms with Crippen LogP contribution in [0.15, 0.2) is 22.8 Å². The van der Waals surface area contributed by atoms with E-state index < -0.39 is 11.4 Å². The van der Waals surface area contributed by atoms with Gasteiger partial charge < -0.3 is 14.8 Å². The van der Waals surface area contributed by atoms with Crippen molar-refractivity contribution in [2.24, 2.45) is 5.41 Å². The molecule has 2 N–H and O–H groups in total. The molecule has 5 nitrogen and oxygen atoms in total. The van der Waals surface area contributed by atoms with Crippen LogP contribution in [0.4, 0.5) is 0 Å². The van der Waals surface area contributed by atoms with Gasteiger partial charge in [-0.3, -0.25) is 9.59 Å². The van der Waals surface area contributed by atoms with Crippen LogP contribution in [-0.4, -0.2) is 17.0 Å². The molecule has 1 heterocycles. The minimum Gasteiger partial charge on any atom is -0.481 e. The number of rotatable bonds is 6. The minimum absolute atomic E-state index is 0.0266. The second-order valence-electron chi connectivity index (χ2n) is 4.77. The Morgan fingerprint density at radius 1 is 1.41 bits per heavy atom. The van der Waals surface area contributed by atoms with Gasteiger partial charge in [0.15, 0.2) is 0 Å². The van der Waals surface area contributed by atoms with E-state index in [2.05, 4.69) is 5.32 Å². The highest BCUT2D eigenvalue weighted by Gasteiger charge is 2.25. The molecule has 0 atom stereocenters. The summed E-state index contributed by atoms with van der Waals surface area (Å²) in [6.07, 6.45) is 1.69. The third kappa shape index (κ3) is 5.19. The number of hydrogen-bond acceptors (Lipinski definition) is 3. The van der Waals surface area contributed by atoms with E-state index in [0.29, 0.717) is 12.3 Å². The van der Waals surface area contributed by atoms with Gasteiger partial charge in [-0.15, -0.1) is 0 Å². The first-order valence-electron chi connectivity index (χ1n) is 5.40. The highest BCUT2D eigenvalue weighted by atomic mass is 16.4. The van der Waals surface area contributed by atoms with Gasteiger partial charge in [-0.25, -0.2) is 0 Å². The van der Waals surface area contributed by atoms with Gasteiger partial charge in [-0.2, -0.15) is 0 Å². The summed E-state index contributed by atoms with van der Waals surface area (Å²) in [5.74, 6) is -0.393. The molecule has 1 aromatic rings. The average molecular weight is 239 g/mol. The topological polar surface area (TPSA) is 79.5 Å². The minimum atomic E-state index is -0.895. The zero-order valence-electron chi connectivity index (χ0n) is 10.0. The van der Waals surface area contributed by atoms with E-state index in [1.165, 1.54) is 6.26 Å². The maximum atomic E-state index is 11.6. The number of nitrogens with one attached hydrogen (secondary N) is 1. The maximum Gasteiger partial charge on any atom is 0.303 e. The molecule has 0 saturated carbocycles. The number of aliphatic carboxylic acids is 1. The SMILES string of the molecule is CC(C)(CC(=O)O)CC(=O)NCc1ccco1. The van der Waals surface area contributed by atoms with Gasteiger partial charge in [0.25, 0.3) is 0 Å². The van der Waals surface area contributed by atoms with Crippen molar-refractivity contribution >= 4 is 11.9 Å². The number of amides is 1. The largest absolute Gasteiger partial charge is 0.481 e. The van der Waals surface area contributed by atoms with Crippen LogP contribution in [0.25, 0.3) is 0 Å². The first-order valence-corrected chi connectivity index (χ1v) is 5.40. The Kier molecular flexibility index (Phi) is 4.31. The van der Waals surface area contributed by atoms with E-state index in [1.54, 1.807) is 26.0 Å². The standard InChI is InChI=1S/C12H17NO4/c1-12(2,7-11(15)16)6-10(14)13-8-9-4-3-5-17-9/h3-5H,6-8H2,1-2H3,(H,13,14)(H,15,16). The van der Waals surface area contributed by atoms with E-state index in [-0.39, 0.29) is 18.7 Å². The van der Waals surface area contributed by atoms with E-state index in [4.69, 9.17) is 9.52 Å². The zero-order chi connectivity index (χ0) is 12.9. The Morgan fingerprint density at radius 3 is 2.65 bits per heavy atom. The van der Waals surface area contributed by atoms with Gasteiger partial charge in [0.2, 0.25) is 5.91 Å². The Morgan fingerprint density at radius 2 is 2.12 bits per heavy atom. The molecule has 0 aromatic carbocycles. The number of carboxylic acids is 1. The maximum absolute atomic E-state index is 11.6. The van der Waals surface area contributed by atoms with Crippen LogP contribution < -0.4 is 5.32 Å². The zero-order valence-corrected chi connectivity index (χ0v) is 10.0. The quantitative estimate of drug-likeness (QED) is 0.793. The van der Waals surface area contributed by atoms with E-state index in [1.807, 2.05) is 0 Å². The van der Waals surface area contributed by atoms with E-state index >= 15 is 0 Å². The molecule has 0 radical (unpaired) electrons. The summed E-state index contributed by atoms with van der Waals surface area (Å²) >= 11 is 0. The molecule has 0 aliphatic heterocycles. The third-order valence-corrected chi connectivity index (χ3v) is 2.31. The molecule has 0 fully saturated rings. The molecule has 1 aromatic heterocycles. The number of carboxylic acid groups (broad SMARTS) is 1. The summed E-state index contributed by atoms with van der Waals surface area (Å²) in [7, 11) is 0. The smallest absolute Gasteiger partial charge is 0.303 e. The van der Waals surface area contributed by atoms with Gasteiger partial charge >= 0.3 is 5.97 Å². The summed E-state index contributed by atoms with van der Waals surface area (Å²) in [4.78, 5) is 22.2. The van der Waals surface area contributed by atoms with Crippen molar-refractivity contribution in [3.8, 4) is 0 Å². The normalized spacial score (nSPS) is 11.2. The lowest BCUT2D eigenvalue weighted by Gasteiger charge is -2.21. The number of carbonyl (C=O) groups is 2. The van der Waals surface area contributed by atoms with E-state index in [9.17, 15) is 9.59 Å². The lowest BCUT2D eigenvalue weighted by molar-refractivity contribution is -0.139. The van der Waals surface area contributed by atoms with Crippen molar-refractivity contribution in [1.29, 1.82) is 0 Å². The molecule has 5 heteroatoms. The molecular weight excluding hydrogens is 222 g/mol. The van der Waals surface area contributed by atoms with Gasteiger partial charge in [0.1, 0.15) is 5.76 Å². The first-order chi connectivity index (χ1) is 7.89. The highest BCUT2D eigenvalue weighted by molar-refractivity contribution is 5.77. The van der Waals surface area contributed by atoms with Crippen LogP contribution in [0.1, 0.15) is 32.4 Å². The van der Waals surface area contributed by atoms with Crippen LogP contribution in [-0.2, 0) is 16.1 Å². The van der Waals surface area contributed by atoms with Crippen molar-refractivity contribution in [1.82, 2.24) is 5.32 Å². The lowest BCUT2D eigenvalue weighted by Crippen LogP contribution is -2.29. The fourth-order valence-corrected chi connectivity index (χ4v) is 1.57. The molecule has 1 amide bonds. The van der Waals surface area contributed by atoms with Gasteiger partial charge in [0.05, 0.1) is 19.2 Å². The molecule has 0 aliphatic rings. The predicted molar refractivity (Wildman–Crippen MR) is 61.2 cm³/mol. The van der Waals surface area contributed by atoms with Gasteiger partial charge in [0, 0.05) is 6.42 Å². The fraction of sp³-hybridized carbons (Fsp3) is 0.500. The van der Waals surface area contributed by atoms with Crippen LogP contribution in [0.3, 0.4) is 0 Å².